The molecule has 20 heavy (non-hydrogen) atoms. The molecule has 4 heteroatoms. The Kier molecular flexibility index (Phi) is 5.01. The second-order valence-electron chi connectivity index (χ2n) is 5.58. The summed E-state index contributed by atoms with van der Waals surface area (Å²) in [7, 11) is 0. The number of rotatable bonds is 5. The second kappa shape index (κ2) is 6.75. The van der Waals surface area contributed by atoms with Crippen LogP contribution in [0.5, 0.6) is 0 Å². The van der Waals surface area contributed by atoms with Gasteiger partial charge in [0.05, 0.1) is 6.54 Å². The lowest BCUT2D eigenvalue weighted by molar-refractivity contribution is -0.120. The van der Waals surface area contributed by atoms with Gasteiger partial charge in [0.1, 0.15) is 0 Å². The van der Waals surface area contributed by atoms with Crippen molar-refractivity contribution in [3.8, 4) is 0 Å². The molecular weight excluding hydrogens is 250 g/mol. The first-order valence-electron chi connectivity index (χ1n) is 7.47. The third kappa shape index (κ3) is 3.51. The summed E-state index contributed by atoms with van der Waals surface area (Å²) >= 11 is 0. The van der Waals surface area contributed by atoms with Crippen LogP contribution in [0, 0.1) is 0 Å². The van der Waals surface area contributed by atoms with E-state index in [2.05, 4.69) is 40.7 Å². The van der Waals surface area contributed by atoms with E-state index in [0.29, 0.717) is 6.54 Å². The van der Waals surface area contributed by atoms with E-state index in [1.807, 2.05) is 13.8 Å². The molecule has 110 valence electrons. The maximum atomic E-state index is 12.0. The standard InChI is InChI=1S/C16H25N3O/c1-4-19(11-16(20)18-12(2)3)15-7-5-6-13-8-9-17-10-14(13)15/h5-7,12,17H,4,8-11H2,1-3H3,(H,18,20). The Bertz CT molecular complexity index is 471. The summed E-state index contributed by atoms with van der Waals surface area (Å²) in [6.07, 6.45) is 1.07. The predicted molar refractivity (Wildman–Crippen MR) is 83.0 cm³/mol. The Hall–Kier alpha value is -1.55. The number of nitrogens with zero attached hydrogens (tertiary/aromatic N) is 1. The molecule has 0 fully saturated rings. The molecule has 1 amide bonds. The monoisotopic (exact) mass is 275 g/mol. The van der Waals surface area contributed by atoms with Gasteiger partial charge in [0.2, 0.25) is 5.91 Å². The number of benzene rings is 1. The molecule has 0 spiro atoms. The fourth-order valence-electron chi connectivity index (χ4n) is 2.70. The van der Waals surface area contributed by atoms with Gasteiger partial charge < -0.3 is 15.5 Å². The molecule has 0 aliphatic carbocycles. The van der Waals surface area contributed by atoms with Crippen molar-refractivity contribution in [3.63, 3.8) is 0 Å². The first kappa shape index (κ1) is 14.9. The molecule has 1 aliphatic rings. The Balaban J connectivity index is 2.17. The zero-order valence-electron chi connectivity index (χ0n) is 12.7. The number of anilines is 1. The zero-order chi connectivity index (χ0) is 14.5. The molecule has 1 aliphatic heterocycles. The van der Waals surface area contributed by atoms with E-state index in [-0.39, 0.29) is 11.9 Å². The number of hydrogen-bond acceptors (Lipinski definition) is 3. The summed E-state index contributed by atoms with van der Waals surface area (Å²) < 4.78 is 0. The molecule has 0 saturated heterocycles. The van der Waals surface area contributed by atoms with Crippen LogP contribution in [0.3, 0.4) is 0 Å². The number of nitrogens with one attached hydrogen (secondary N) is 2. The Morgan fingerprint density at radius 3 is 2.95 bits per heavy atom. The smallest absolute Gasteiger partial charge is 0.239 e. The molecule has 0 radical (unpaired) electrons. The van der Waals surface area contributed by atoms with Crippen molar-refractivity contribution in [3.05, 3.63) is 29.3 Å². The molecule has 4 nitrogen and oxygen atoms in total. The van der Waals surface area contributed by atoms with Gasteiger partial charge in [0.15, 0.2) is 0 Å². The van der Waals surface area contributed by atoms with E-state index < -0.39 is 0 Å². The number of carbonyl (C=O) groups excluding carboxylic acids is 1. The third-order valence-electron chi connectivity index (χ3n) is 3.63. The van der Waals surface area contributed by atoms with Gasteiger partial charge in [-0.1, -0.05) is 12.1 Å². The Labute approximate surface area is 121 Å². The minimum atomic E-state index is 0.0863. The van der Waals surface area contributed by atoms with Crippen molar-refractivity contribution in [1.82, 2.24) is 10.6 Å². The normalized spacial score (nSPS) is 14.0. The van der Waals surface area contributed by atoms with E-state index >= 15 is 0 Å². The average molecular weight is 275 g/mol. The lowest BCUT2D eigenvalue weighted by atomic mass is 9.98. The molecule has 1 aromatic rings. The molecule has 2 N–H and O–H groups in total. The molecule has 2 rings (SSSR count). The van der Waals surface area contributed by atoms with Crippen LogP contribution >= 0.6 is 0 Å². The molecule has 0 bridgehead atoms. The molecule has 1 aromatic carbocycles. The molecule has 0 aromatic heterocycles. The van der Waals surface area contributed by atoms with Crippen LogP contribution in [0.15, 0.2) is 18.2 Å². The van der Waals surface area contributed by atoms with Gasteiger partial charge in [-0.3, -0.25) is 4.79 Å². The number of amides is 1. The van der Waals surface area contributed by atoms with Gasteiger partial charge in [-0.05, 0) is 50.9 Å². The predicted octanol–water partition coefficient (Wildman–Crippen LogP) is 1.68. The second-order valence-corrected chi connectivity index (χ2v) is 5.58. The maximum absolute atomic E-state index is 12.0. The van der Waals surface area contributed by atoms with Crippen molar-refractivity contribution < 1.29 is 4.79 Å². The van der Waals surface area contributed by atoms with E-state index in [1.165, 1.54) is 16.8 Å². The minimum Gasteiger partial charge on any atom is -0.362 e. The topological polar surface area (TPSA) is 44.4 Å². The van der Waals surface area contributed by atoms with Gasteiger partial charge in [-0.15, -0.1) is 0 Å². The summed E-state index contributed by atoms with van der Waals surface area (Å²) in [5.74, 6) is 0.0863. The summed E-state index contributed by atoms with van der Waals surface area (Å²) in [5, 5.41) is 6.38. The van der Waals surface area contributed by atoms with E-state index in [4.69, 9.17) is 0 Å². The largest absolute Gasteiger partial charge is 0.362 e. The Morgan fingerprint density at radius 1 is 1.45 bits per heavy atom. The highest BCUT2D eigenvalue weighted by atomic mass is 16.2. The summed E-state index contributed by atoms with van der Waals surface area (Å²) in [6.45, 7) is 9.26. The maximum Gasteiger partial charge on any atom is 0.239 e. The highest BCUT2D eigenvalue weighted by Crippen LogP contribution is 2.26. The Morgan fingerprint density at radius 2 is 2.25 bits per heavy atom. The van der Waals surface area contributed by atoms with Gasteiger partial charge in [-0.25, -0.2) is 0 Å². The fraction of sp³-hybridized carbons (Fsp3) is 0.562. The van der Waals surface area contributed by atoms with Crippen LogP contribution in [0.4, 0.5) is 5.69 Å². The van der Waals surface area contributed by atoms with Gasteiger partial charge >= 0.3 is 0 Å². The van der Waals surface area contributed by atoms with Crippen LogP contribution in [0.1, 0.15) is 31.9 Å². The average Bonchev–Trinajstić information content (AvgIpc) is 2.43. The SMILES string of the molecule is CCN(CC(=O)NC(C)C)c1cccc2c1CNCC2. The van der Waals surface area contributed by atoms with Gasteiger partial charge in [0.25, 0.3) is 0 Å². The van der Waals surface area contributed by atoms with Crippen molar-refractivity contribution in [2.75, 3.05) is 24.5 Å². The van der Waals surface area contributed by atoms with Crippen molar-refractivity contribution in [2.24, 2.45) is 0 Å². The van der Waals surface area contributed by atoms with Crippen LogP contribution in [0.25, 0.3) is 0 Å². The first-order valence-corrected chi connectivity index (χ1v) is 7.47. The van der Waals surface area contributed by atoms with Crippen molar-refractivity contribution in [2.45, 2.75) is 39.8 Å². The molecule has 0 atom stereocenters. The fourth-order valence-corrected chi connectivity index (χ4v) is 2.70. The molecular formula is C16H25N3O. The van der Waals surface area contributed by atoms with Gasteiger partial charge in [0, 0.05) is 24.8 Å². The first-order chi connectivity index (χ1) is 9.61. The summed E-state index contributed by atoms with van der Waals surface area (Å²) in [6, 6.07) is 6.61. The molecule has 0 unspecified atom stereocenters. The highest BCUT2D eigenvalue weighted by molar-refractivity contribution is 5.82. The summed E-state index contributed by atoms with van der Waals surface area (Å²) in [5.41, 5.74) is 3.94. The minimum absolute atomic E-state index is 0.0863. The van der Waals surface area contributed by atoms with Crippen molar-refractivity contribution in [1.29, 1.82) is 0 Å². The lowest BCUT2D eigenvalue weighted by Crippen LogP contribution is -2.41. The number of fused-ring (bicyclic) bond motifs is 1. The van der Waals surface area contributed by atoms with E-state index in [1.54, 1.807) is 0 Å². The van der Waals surface area contributed by atoms with Gasteiger partial charge in [-0.2, -0.15) is 0 Å². The third-order valence-corrected chi connectivity index (χ3v) is 3.63. The highest BCUT2D eigenvalue weighted by Gasteiger charge is 2.18. The molecule has 0 saturated carbocycles. The lowest BCUT2D eigenvalue weighted by Gasteiger charge is -2.29. The van der Waals surface area contributed by atoms with Crippen LogP contribution in [-0.4, -0.2) is 31.6 Å². The number of carbonyl (C=O) groups is 1. The van der Waals surface area contributed by atoms with E-state index in [9.17, 15) is 4.79 Å². The van der Waals surface area contributed by atoms with E-state index in [0.717, 1.165) is 26.1 Å². The zero-order valence-corrected chi connectivity index (χ0v) is 12.7. The molecule has 1 heterocycles. The van der Waals surface area contributed by atoms with Crippen LogP contribution in [0.2, 0.25) is 0 Å². The quantitative estimate of drug-likeness (QED) is 0.859. The summed E-state index contributed by atoms with van der Waals surface area (Å²) in [4.78, 5) is 14.2. The van der Waals surface area contributed by atoms with Crippen molar-refractivity contribution >= 4 is 11.6 Å². The van der Waals surface area contributed by atoms with Crippen LogP contribution < -0.4 is 15.5 Å². The number of hydrogen-bond donors (Lipinski definition) is 2. The number of likely N-dealkylation sites (N-methyl/N-ethyl adjacent to an activating group) is 1. The van der Waals surface area contributed by atoms with Crippen LogP contribution in [-0.2, 0) is 17.8 Å².